The van der Waals surface area contributed by atoms with Crippen LogP contribution in [0, 0.1) is 12.8 Å². The monoisotopic (exact) mass is 611 g/mol. The maximum absolute atomic E-state index is 13.8. The van der Waals surface area contributed by atoms with Gasteiger partial charge in [0.05, 0.1) is 51.5 Å². The molecule has 1 aliphatic carbocycles. The molecule has 0 saturated carbocycles. The molecule has 1 aromatic heterocycles. The second kappa shape index (κ2) is 11.3. The summed E-state index contributed by atoms with van der Waals surface area (Å²) in [6.07, 6.45) is 1.10. The van der Waals surface area contributed by atoms with Crippen molar-refractivity contribution in [2.45, 2.75) is 32.4 Å². The van der Waals surface area contributed by atoms with Crippen LogP contribution in [0.1, 0.15) is 29.5 Å². The number of ether oxygens (including phenoxy) is 5. The number of hydrogen-bond donors (Lipinski definition) is 1. The molecule has 1 aliphatic heterocycles. The van der Waals surface area contributed by atoms with Gasteiger partial charge < -0.3 is 28.8 Å². The number of methoxy groups -OCH3 is 4. The van der Waals surface area contributed by atoms with E-state index in [1.54, 1.807) is 26.0 Å². The molecule has 226 valence electrons. The second-order valence-corrected chi connectivity index (χ2v) is 10.5. The maximum Gasteiger partial charge on any atom is 0.261 e. The average Bonchev–Trinajstić information content (AvgIpc) is 3.31. The number of halogens is 1. The zero-order valence-electron chi connectivity index (χ0n) is 24.4. The summed E-state index contributed by atoms with van der Waals surface area (Å²) in [5, 5.41) is 11.8. The van der Waals surface area contributed by atoms with E-state index in [1.807, 2.05) is 0 Å². The first-order valence-electron chi connectivity index (χ1n) is 13.3. The Morgan fingerprint density at radius 2 is 1.72 bits per heavy atom. The number of benzene rings is 2. The van der Waals surface area contributed by atoms with Gasteiger partial charge in [-0.15, -0.1) is 0 Å². The second-order valence-electron chi connectivity index (χ2n) is 10.1. The Labute approximate surface area is 251 Å². The Morgan fingerprint density at radius 3 is 2.37 bits per heavy atom. The molecule has 0 unspecified atom stereocenters. The summed E-state index contributed by atoms with van der Waals surface area (Å²) in [6.45, 7) is 3.53. The molecule has 2 aliphatic rings. The fourth-order valence-electron chi connectivity index (χ4n) is 5.55. The molecule has 0 bridgehead atoms. The van der Waals surface area contributed by atoms with Crippen LogP contribution in [0.4, 0.5) is 0 Å². The van der Waals surface area contributed by atoms with Crippen LogP contribution in [0.3, 0.4) is 0 Å². The van der Waals surface area contributed by atoms with Crippen molar-refractivity contribution in [3.63, 3.8) is 0 Å². The summed E-state index contributed by atoms with van der Waals surface area (Å²) in [5.74, 6) is -0.630. The molecule has 0 amide bonds. The lowest BCUT2D eigenvalue weighted by Gasteiger charge is -2.36. The van der Waals surface area contributed by atoms with Crippen molar-refractivity contribution in [3.05, 3.63) is 56.3 Å². The zero-order chi connectivity index (χ0) is 31.2. The molecule has 0 saturated heterocycles. The van der Waals surface area contributed by atoms with Gasteiger partial charge in [0.15, 0.2) is 28.8 Å². The quantitative estimate of drug-likeness (QED) is 0.372. The van der Waals surface area contributed by atoms with Crippen molar-refractivity contribution >= 4 is 40.3 Å². The van der Waals surface area contributed by atoms with Crippen molar-refractivity contribution in [1.82, 2.24) is 9.55 Å². The van der Waals surface area contributed by atoms with Crippen molar-refractivity contribution in [2.24, 2.45) is 10.9 Å². The number of aliphatic imine (C=N–C) groups is 1. The van der Waals surface area contributed by atoms with Crippen LogP contribution < -0.4 is 29.2 Å². The highest BCUT2D eigenvalue weighted by Crippen LogP contribution is 2.54. The normalized spacial score (nSPS) is 19.7. The lowest BCUT2D eigenvalue weighted by molar-refractivity contribution is -0.118. The number of fused-ring (bicyclic) bond motifs is 2. The molecule has 2 heterocycles. The van der Waals surface area contributed by atoms with E-state index in [2.05, 4.69) is 9.98 Å². The first-order chi connectivity index (χ1) is 20.5. The number of allylic oxidation sites excluding steroid dienone is 1. The number of hydrogen-bond acceptors (Lipinski definition) is 11. The minimum absolute atomic E-state index is 0.000176. The van der Waals surface area contributed by atoms with Gasteiger partial charge in [0.2, 0.25) is 11.4 Å². The first-order valence-corrected chi connectivity index (χ1v) is 13.7. The fraction of sp³-hybridized carbons (Fsp3) is 0.367. The van der Waals surface area contributed by atoms with Crippen molar-refractivity contribution < 1.29 is 38.4 Å². The molecule has 43 heavy (non-hydrogen) atoms. The number of aliphatic hydroxyl groups is 1. The highest BCUT2D eigenvalue weighted by Gasteiger charge is 2.60. The van der Waals surface area contributed by atoms with Crippen LogP contribution in [0.15, 0.2) is 39.3 Å². The third-order valence-corrected chi connectivity index (χ3v) is 8.19. The van der Waals surface area contributed by atoms with Gasteiger partial charge >= 0.3 is 0 Å². The molecule has 1 spiro atoms. The van der Waals surface area contributed by atoms with Crippen molar-refractivity contribution in [1.29, 1.82) is 0 Å². The van der Waals surface area contributed by atoms with Gasteiger partial charge in [0, 0.05) is 37.2 Å². The van der Waals surface area contributed by atoms with E-state index in [9.17, 15) is 19.5 Å². The molecule has 3 aromatic rings. The third kappa shape index (κ3) is 4.56. The van der Waals surface area contributed by atoms with Crippen LogP contribution in [-0.2, 0) is 11.3 Å². The molecule has 13 heteroatoms. The minimum Gasteiger partial charge on any atom is -0.507 e. The molecule has 0 fully saturated rings. The van der Waals surface area contributed by atoms with Gasteiger partial charge in [0.1, 0.15) is 27.9 Å². The van der Waals surface area contributed by atoms with E-state index < -0.39 is 28.8 Å². The Balaban J connectivity index is 1.47. The minimum atomic E-state index is -1.91. The number of Topliss-reactive ketones (excluding diaryl/α,β-unsaturated/α-hetero) is 2. The maximum atomic E-state index is 13.8. The van der Waals surface area contributed by atoms with E-state index in [-0.39, 0.29) is 58.5 Å². The van der Waals surface area contributed by atoms with Crippen LogP contribution in [0.5, 0.6) is 28.7 Å². The van der Waals surface area contributed by atoms with Crippen LogP contribution >= 0.6 is 11.6 Å². The van der Waals surface area contributed by atoms with Crippen LogP contribution in [-0.4, -0.2) is 73.0 Å². The summed E-state index contributed by atoms with van der Waals surface area (Å²) in [4.78, 5) is 49.0. The predicted molar refractivity (Wildman–Crippen MR) is 158 cm³/mol. The Kier molecular flexibility index (Phi) is 7.82. The molecular weight excluding hydrogens is 582 g/mol. The smallest absolute Gasteiger partial charge is 0.261 e. The van der Waals surface area contributed by atoms with Gasteiger partial charge in [-0.05, 0) is 13.0 Å². The van der Waals surface area contributed by atoms with E-state index >= 15 is 0 Å². The van der Waals surface area contributed by atoms with Crippen LogP contribution in [0.25, 0.3) is 10.9 Å². The molecule has 1 N–H and O–H groups in total. The summed E-state index contributed by atoms with van der Waals surface area (Å²) in [5.41, 5.74) is -1.87. The zero-order valence-corrected chi connectivity index (χ0v) is 25.2. The van der Waals surface area contributed by atoms with E-state index in [0.717, 1.165) is 0 Å². The van der Waals surface area contributed by atoms with Gasteiger partial charge in [-0.2, -0.15) is 0 Å². The van der Waals surface area contributed by atoms with Gasteiger partial charge in [-0.3, -0.25) is 23.9 Å². The topological polar surface area (TPSA) is 148 Å². The number of rotatable bonds is 8. The summed E-state index contributed by atoms with van der Waals surface area (Å²) < 4.78 is 28.9. The molecule has 12 nitrogen and oxygen atoms in total. The average molecular weight is 612 g/mol. The van der Waals surface area contributed by atoms with Crippen molar-refractivity contribution in [3.8, 4) is 28.7 Å². The molecule has 2 atom stereocenters. The highest BCUT2D eigenvalue weighted by atomic mass is 35.5. The Hall–Kier alpha value is -4.58. The lowest BCUT2D eigenvalue weighted by atomic mass is 9.73. The lowest BCUT2D eigenvalue weighted by Crippen LogP contribution is -2.52. The van der Waals surface area contributed by atoms with Crippen molar-refractivity contribution in [2.75, 3.05) is 35.0 Å². The van der Waals surface area contributed by atoms with Gasteiger partial charge in [-0.1, -0.05) is 18.5 Å². The van der Waals surface area contributed by atoms with Gasteiger partial charge in [0.25, 0.3) is 5.56 Å². The standard InChI is InChI=1S/C30H30ClN3O9/c1-14-9-19(35)17(27(36)30(14)28(37)24-22(41-5)12-23(42-6)25(31)26(24)43-30)13-32-7-8-34-15(2)33-18-11-21(40-4)20(39-3)10-16(18)29(34)38/h10-14,36H,7-9H2,1-6H3/t14-,30+/m1/s1. The molecule has 2 aromatic carbocycles. The largest absolute Gasteiger partial charge is 0.507 e. The number of carbonyl (C=O) groups is 2. The molecule has 5 rings (SSSR count). The fourth-order valence-corrected chi connectivity index (χ4v) is 5.81. The van der Waals surface area contributed by atoms with E-state index in [0.29, 0.717) is 28.2 Å². The number of aryl methyl sites for hydroxylation is 1. The number of ketones is 2. The molecule has 0 radical (unpaired) electrons. The third-order valence-electron chi connectivity index (χ3n) is 7.83. The number of aliphatic hydroxyl groups excluding tert-OH is 1. The predicted octanol–water partition coefficient (Wildman–Crippen LogP) is 3.90. The Morgan fingerprint density at radius 1 is 1.07 bits per heavy atom. The number of aromatic nitrogens is 2. The first kappa shape index (κ1) is 29.9. The highest BCUT2D eigenvalue weighted by molar-refractivity contribution is 6.35. The SMILES string of the molecule is COc1cc2nc(C)n(CCN=CC3=C(O)[C@@]4(Oc5c(Cl)c(OC)cc(OC)c5C4=O)[C@H](C)CC3=O)c(=O)c2cc1OC. The number of nitrogens with zero attached hydrogens (tertiary/aromatic N) is 3. The van der Waals surface area contributed by atoms with Crippen LogP contribution in [0.2, 0.25) is 5.02 Å². The van der Waals surface area contributed by atoms with Gasteiger partial charge in [-0.25, -0.2) is 4.98 Å². The molecular formula is C30H30ClN3O9. The summed E-state index contributed by atoms with van der Waals surface area (Å²) >= 11 is 6.47. The Bertz CT molecular complexity index is 1800. The summed E-state index contributed by atoms with van der Waals surface area (Å²) in [7, 11) is 5.77. The van der Waals surface area contributed by atoms with E-state index in [4.69, 9.17) is 35.3 Å². The number of carbonyl (C=O) groups excluding carboxylic acids is 2. The summed E-state index contributed by atoms with van der Waals surface area (Å²) in [6, 6.07) is 4.66. The van der Waals surface area contributed by atoms with E-state index in [1.165, 1.54) is 45.3 Å².